The smallest absolute Gasteiger partial charge is 0.276 e. The van der Waals surface area contributed by atoms with Gasteiger partial charge in [-0.05, 0) is 48.9 Å². The van der Waals surface area contributed by atoms with Crippen LogP contribution >= 0.6 is 11.6 Å². The number of nitrogens with zero attached hydrogens (tertiary/aromatic N) is 2. The summed E-state index contributed by atoms with van der Waals surface area (Å²) in [7, 11) is 1.55. The van der Waals surface area contributed by atoms with Crippen molar-refractivity contribution in [3.05, 3.63) is 92.9 Å². The molecule has 0 unspecified atom stereocenters. The van der Waals surface area contributed by atoms with Crippen LogP contribution in [0.1, 0.15) is 28.4 Å². The SMILES string of the molecule is CCOc1c(/C=N\NC(=O)c2cccn(Cc3cccc(Cl)c3)c2=O)cccc1OC. The lowest BCUT2D eigenvalue weighted by atomic mass is 10.2. The number of halogens is 1. The number of hydrazone groups is 1. The Kier molecular flexibility index (Phi) is 7.45. The number of methoxy groups -OCH3 is 1. The third-order valence-electron chi connectivity index (χ3n) is 4.39. The molecule has 160 valence electrons. The first-order valence-corrected chi connectivity index (χ1v) is 9.98. The number of hydrogen-bond acceptors (Lipinski definition) is 5. The highest BCUT2D eigenvalue weighted by Crippen LogP contribution is 2.29. The van der Waals surface area contributed by atoms with Crippen LogP contribution in [0.25, 0.3) is 0 Å². The van der Waals surface area contributed by atoms with Crippen molar-refractivity contribution in [3.8, 4) is 11.5 Å². The molecule has 1 amide bonds. The van der Waals surface area contributed by atoms with Gasteiger partial charge in [-0.1, -0.05) is 29.8 Å². The molecule has 0 fully saturated rings. The fourth-order valence-electron chi connectivity index (χ4n) is 2.98. The van der Waals surface area contributed by atoms with Crippen LogP contribution in [-0.4, -0.2) is 30.4 Å². The molecule has 0 saturated heterocycles. The molecule has 8 heteroatoms. The van der Waals surface area contributed by atoms with E-state index in [0.29, 0.717) is 35.2 Å². The molecule has 31 heavy (non-hydrogen) atoms. The molecule has 7 nitrogen and oxygen atoms in total. The van der Waals surface area contributed by atoms with Gasteiger partial charge in [-0.15, -0.1) is 0 Å². The lowest BCUT2D eigenvalue weighted by Gasteiger charge is -2.11. The first-order valence-electron chi connectivity index (χ1n) is 9.60. The van der Waals surface area contributed by atoms with Crippen LogP contribution in [0.3, 0.4) is 0 Å². The number of carbonyl (C=O) groups is 1. The normalized spacial score (nSPS) is 10.8. The second-order valence-electron chi connectivity index (χ2n) is 6.50. The second-order valence-corrected chi connectivity index (χ2v) is 6.93. The topological polar surface area (TPSA) is 81.9 Å². The molecule has 0 atom stereocenters. The minimum Gasteiger partial charge on any atom is -0.493 e. The van der Waals surface area contributed by atoms with Gasteiger partial charge in [0, 0.05) is 16.8 Å². The molecule has 0 radical (unpaired) electrons. The molecule has 0 aliphatic rings. The third-order valence-corrected chi connectivity index (χ3v) is 4.63. The summed E-state index contributed by atoms with van der Waals surface area (Å²) < 4.78 is 12.3. The molecular weight excluding hydrogens is 418 g/mol. The standard InChI is InChI=1S/C23H22ClN3O4/c1-3-31-21-17(8-5-11-20(21)30-2)14-25-26-22(28)19-10-6-12-27(23(19)29)15-16-7-4-9-18(24)13-16/h4-14H,3,15H2,1-2H3,(H,26,28)/b25-14-. The van der Waals surface area contributed by atoms with E-state index in [1.807, 2.05) is 19.1 Å². The van der Waals surface area contributed by atoms with Crippen LogP contribution in [0.5, 0.6) is 11.5 Å². The van der Waals surface area contributed by atoms with Crippen molar-refractivity contribution in [2.75, 3.05) is 13.7 Å². The molecule has 1 aromatic heterocycles. The van der Waals surface area contributed by atoms with Crippen molar-refractivity contribution in [3.63, 3.8) is 0 Å². The quantitative estimate of drug-likeness (QED) is 0.428. The molecule has 1 N–H and O–H groups in total. The molecule has 0 bridgehead atoms. The van der Waals surface area contributed by atoms with Gasteiger partial charge in [0.05, 0.1) is 26.5 Å². The second kappa shape index (κ2) is 10.4. The summed E-state index contributed by atoms with van der Waals surface area (Å²) in [6.07, 6.45) is 3.06. The van der Waals surface area contributed by atoms with E-state index in [9.17, 15) is 9.59 Å². The fraction of sp³-hybridized carbons (Fsp3) is 0.174. The lowest BCUT2D eigenvalue weighted by Crippen LogP contribution is -2.30. The fourth-order valence-corrected chi connectivity index (χ4v) is 3.19. The van der Waals surface area contributed by atoms with Gasteiger partial charge >= 0.3 is 0 Å². The Morgan fingerprint density at radius 1 is 1.19 bits per heavy atom. The Balaban J connectivity index is 1.77. The van der Waals surface area contributed by atoms with Gasteiger partial charge in [0.25, 0.3) is 11.5 Å². The van der Waals surface area contributed by atoms with Crippen LogP contribution < -0.4 is 20.5 Å². The number of benzene rings is 2. The van der Waals surface area contributed by atoms with E-state index in [1.54, 1.807) is 49.7 Å². The van der Waals surface area contributed by atoms with Crippen LogP contribution in [0.2, 0.25) is 5.02 Å². The average Bonchev–Trinajstić information content (AvgIpc) is 2.76. The predicted molar refractivity (Wildman–Crippen MR) is 120 cm³/mol. The lowest BCUT2D eigenvalue weighted by molar-refractivity contribution is 0.0953. The summed E-state index contributed by atoms with van der Waals surface area (Å²) in [5.74, 6) is 0.473. The zero-order valence-corrected chi connectivity index (χ0v) is 17.9. The minimum absolute atomic E-state index is 0.0163. The molecule has 0 aliphatic carbocycles. The molecular formula is C23H22ClN3O4. The van der Waals surface area contributed by atoms with Gasteiger partial charge < -0.3 is 14.0 Å². The summed E-state index contributed by atoms with van der Waals surface area (Å²) in [5, 5.41) is 4.56. The summed E-state index contributed by atoms with van der Waals surface area (Å²) in [6, 6.07) is 15.6. The van der Waals surface area contributed by atoms with Crippen molar-refractivity contribution in [1.29, 1.82) is 0 Å². The number of carbonyl (C=O) groups excluding carboxylic acids is 1. The van der Waals surface area contributed by atoms with Gasteiger partial charge in [0.2, 0.25) is 0 Å². The number of hydrogen-bond donors (Lipinski definition) is 1. The van der Waals surface area contributed by atoms with E-state index >= 15 is 0 Å². The van der Waals surface area contributed by atoms with E-state index in [4.69, 9.17) is 21.1 Å². The summed E-state index contributed by atoms with van der Waals surface area (Å²) in [6.45, 7) is 2.61. The van der Waals surface area contributed by atoms with Crippen LogP contribution in [0.15, 0.2) is 70.7 Å². The number of aromatic nitrogens is 1. The third kappa shape index (κ3) is 5.52. The van der Waals surface area contributed by atoms with Gasteiger partial charge in [-0.2, -0.15) is 5.10 Å². The maximum absolute atomic E-state index is 12.7. The van der Waals surface area contributed by atoms with Gasteiger partial charge in [-0.3, -0.25) is 9.59 Å². The number of rotatable bonds is 8. The highest BCUT2D eigenvalue weighted by Gasteiger charge is 2.13. The summed E-state index contributed by atoms with van der Waals surface area (Å²) in [4.78, 5) is 25.3. The number of pyridine rings is 1. The van der Waals surface area contributed by atoms with E-state index < -0.39 is 11.5 Å². The Bertz CT molecular complexity index is 1160. The van der Waals surface area contributed by atoms with Crippen LogP contribution in [0, 0.1) is 0 Å². The largest absolute Gasteiger partial charge is 0.493 e. The number of amides is 1. The molecule has 1 heterocycles. The first-order chi connectivity index (χ1) is 15.0. The van der Waals surface area contributed by atoms with E-state index in [1.165, 1.54) is 16.8 Å². The predicted octanol–water partition coefficient (Wildman–Crippen LogP) is 3.72. The Morgan fingerprint density at radius 2 is 2.00 bits per heavy atom. The van der Waals surface area contributed by atoms with E-state index in [-0.39, 0.29) is 5.56 Å². The van der Waals surface area contributed by atoms with Gasteiger partial charge in [-0.25, -0.2) is 5.43 Å². The highest BCUT2D eigenvalue weighted by molar-refractivity contribution is 6.30. The average molecular weight is 440 g/mol. The number of para-hydroxylation sites is 1. The summed E-state index contributed by atoms with van der Waals surface area (Å²) in [5.41, 5.74) is 3.44. The maximum atomic E-state index is 12.7. The Labute approximate surface area is 184 Å². The van der Waals surface area contributed by atoms with Gasteiger partial charge in [0.1, 0.15) is 5.56 Å². The van der Waals surface area contributed by atoms with Crippen molar-refractivity contribution in [2.45, 2.75) is 13.5 Å². The van der Waals surface area contributed by atoms with Crippen molar-refractivity contribution in [2.24, 2.45) is 5.10 Å². The molecule has 0 saturated carbocycles. The Morgan fingerprint density at radius 3 is 2.74 bits per heavy atom. The Hall–Kier alpha value is -3.58. The first kappa shape index (κ1) is 22.1. The van der Waals surface area contributed by atoms with Crippen LogP contribution in [0.4, 0.5) is 0 Å². The molecule has 2 aromatic carbocycles. The zero-order valence-electron chi connectivity index (χ0n) is 17.2. The van der Waals surface area contributed by atoms with E-state index in [0.717, 1.165) is 5.56 Å². The monoisotopic (exact) mass is 439 g/mol. The van der Waals surface area contributed by atoms with Gasteiger partial charge in [0.15, 0.2) is 11.5 Å². The van der Waals surface area contributed by atoms with E-state index in [2.05, 4.69) is 10.5 Å². The maximum Gasteiger partial charge on any atom is 0.276 e. The molecule has 0 spiro atoms. The van der Waals surface area contributed by atoms with Crippen molar-refractivity contribution < 1.29 is 14.3 Å². The number of ether oxygens (including phenoxy) is 2. The molecule has 3 rings (SSSR count). The molecule has 3 aromatic rings. The zero-order chi connectivity index (χ0) is 22.2. The molecule has 0 aliphatic heterocycles. The van der Waals surface area contributed by atoms with Crippen LogP contribution in [-0.2, 0) is 6.54 Å². The minimum atomic E-state index is -0.609. The van der Waals surface area contributed by atoms with Crippen molar-refractivity contribution >= 4 is 23.7 Å². The highest BCUT2D eigenvalue weighted by atomic mass is 35.5. The number of nitrogens with one attached hydrogen (secondary N) is 1. The summed E-state index contributed by atoms with van der Waals surface area (Å²) >= 11 is 6.01. The van der Waals surface area contributed by atoms with Crippen molar-refractivity contribution in [1.82, 2.24) is 9.99 Å².